The molecule has 4 heteroatoms. The predicted octanol–water partition coefficient (Wildman–Crippen LogP) is 3.11. The van der Waals surface area contributed by atoms with Gasteiger partial charge >= 0.3 is 6.03 Å². The first-order valence-corrected chi connectivity index (χ1v) is 8.23. The van der Waals surface area contributed by atoms with E-state index in [1.165, 1.54) is 11.1 Å². The van der Waals surface area contributed by atoms with Crippen LogP contribution in [-0.2, 0) is 0 Å². The van der Waals surface area contributed by atoms with Gasteiger partial charge in [-0.15, -0.1) is 0 Å². The van der Waals surface area contributed by atoms with E-state index in [0.29, 0.717) is 12.5 Å². The lowest BCUT2D eigenvalue weighted by atomic mass is 9.94. The van der Waals surface area contributed by atoms with Crippen molar-refractivity contribution in [2.45, 2.75) is 39.7 Å². The number of rotatable bonds is 5. The molecule has 4 nitrogen and oxygen atoms in total. The average Bonchev–Trinajstić information content (AvgIpc) is 2.95. The quantitative estimate of drug-likeness (QED) is 0.878. The number of hydrogen-bond donors (Lipinski definition) is 2. The summed E-state index contributed by atoms with van der Waals surface area (Å²) >= 11 is 0. The first kappa shape index (κ1) is 16.8. The van der Waals surface area contributed by atoms with E-state index >= 15 is 0 Å². The maximum Gasteiger partial charge on any atom is 0.317 e. The van der Waals surface area contributed by atoms with Crippen molar-refractivity contribution in [3.05, 3.63) is 35.4 Å². The molecule has 1 aromatic rings. The van der Waals surface area contributed by atoms with Crippen molar-refractivity contribution >= 4 is 6.03 Å². The van der Waals surface area contributed by atoms with Crippen molar-refractivity contribution in [1.82, 2.24) is 10.2 Å². The number of aryl methyl sites for hydroxylation is 1. The van der Waals surface area contributed by atoms with Crippen LogP contribution in [0.15, 0.2) is 24.3 Å². The minimum Gasteiger partial charge on any atom is -0.396 e. The Morgan fingerprint density at radius 1 is 1.41 bits per heavy atom. The highest BCUT2D eigenvalue weighted by atomic mass is 16.3. The van der Waals surface area contributed by atoms with E-state index in [9.17, 15) is 9.90 Å². The molecule has 1 aliphatic heterocycles. The van der Waals surface area contributed by atoms with Crippen LogP contribution in [0.1, 0.15) is 43.9 Å². The van der Waals surface area contributed by atoms with Crippen molar-refractivity contribution in [2.24, 2.45) is 11.8 Å². The molecule has 2 amide bonds. The second-order valence-corrected chi connectivity index (χ2v) is 6.77. The van der Waals surface area contributed by atoms with Crippen molar-refractivity contribution in [3.8, 4) is 0 Å². The Balaban J connectivity index is 2.07. The number of likely N-dealkylation sites (tertiary alicyclic amines) is 1. The largest absolute Gasteiger partial charge is 0.396 e. The highest BCUT2D eigenvalue weighted by Crippen LogP contribution is 2.25. The Bertz CT molecular complexity index is 502. The van der Waals surface area contributed by atoms with Gasteiger partial charge < -0.3 is 15.3 Å². The van der Waals surface area contributed by atoms with Gasteiger partial charge in [0.2, 0.25) is 0 Å². The first-order chi connectivity index (χ1) is 10.5. The van der Waals surface area contributed by atoms with Gasteiger partial charge in [0.1, 0.15) is 0 Å². The third kappa shape index (κ3) is 4.23. The Morgan fingerprint density at radius 2 is 2.14 bits per heavy atom. The molecule has 22 heavy (non-hydrogen) atoms. The summed E-state index contributed by atoms with van der Waals surface area (Å²) in [7, 11) is 0. The minimum atomic E-state index is -0.00940. The van der Waals surface area contributed by atoms with Crippen LogP contribution in [0.2, 0.25) is 0 Å². The van der Waals surface area contributed by atoms with Gasteiger partial charge in [-0.1, -0.05) is 38.1 Å². The van der Waals surface area contributed by atoms with Crippen molar-refractivity contribution < 1.29 is 9.90 Å². The number of urea groups is 1. The van der Waals surface area contributed by atoms with E-state index < -0.39 is 0 Å². The Labute approximate surface area is 133 Å². The maximum atomic E-state index is 12.5. The van der Waals surface area contributed by atoms with Crippen molar-refractivity contribution in [3.63, 3.8) is 0 Å². The summed E-state index contributed by atoms with van der Waals surface area (Å²) in [5.41, 5.74) is 2.41. The lowest BCUT2D eigenvalue weighted by molar-refractivity contribution is 0.193. The Hall–Kier alpha value is -1.55. The molecule has 0 aliphatic carbocycles. The minimum absolute atomic E-state index is 0.00940. The highest BCUT2D eigenvalue weighted by Gasteiger charge is 2.27. The molecule has 0 aromatic heterocycles. The molecule has 0 bridgehead atoms. The molecule has 0 radical (unpaired) electrons. The molecule has 1 aliphatic rings. The molecule has 122 valence electrons. The van der Waals surface area contributed by atoms with Crippen LogP contribution < -0.4 is 5.32 Å². The lowest BCUT2D eigenvalue weighted by Crippen LogP contribution is -2.41. The maximum absolute atomic E-state index is 12.5. The van der Waals surface area contributed by atoms with Crippen LogP contribution in [0.4, 0.5) is 4.79 Å². The molecule has 1 saturated heterocycles. The standard InChI is InChI=1S/C18H28N2O2/c1-13(2)10-17(16-7-5-4-6-14(16)3)19-18(22)20-9-8-15(11-20)12-21/h4-7,13,15,17,21H,8-12H2,1-3H3,(H,19,22). The average molecular weight is 304 g/mol. The smallest absolute Gasteiger partial charge is 0.317 e. The number of benzene rings is 1. The number of carbonyl (C=O) groups is 1. The summed E-state index contributed by atoms with van der Waals surface area (Å²) in [6.45, 7) is 8.00. The summed E-state index contributed by atoms with van der Waals surface area (Å²) in [6, 6.07) is 8.28. The van der Waals surface area contributed by atoms with Crippen LogP contribution in [-0.4, -0.2) is 35.7 Å². The predicted molar refractivity (Wildman–Crippen MR) is 88.7 cm³/mol. The fourth-order valence-corrected chi connectivity index (χ4v) is 3.12. The number of carbonyl (C=O) groups excluding carboxylic acids is 1. The van der Waals surface area contributed by atoms with Gasteiger partial charge in [0, 0.05) is 25.6 Å². The topological polar surface area (TPSA) is 52.6 Å². The fourth-order valence-electron chi connectivity index (χ4n) is 3.12. The second-order valence-electron chi connectivity index (χ2n) is 6.77. The molecule has 1 aromatic carbocycles. The molecule has 1 fully saturated rings. The molecule has 2 unspecified atom stereocenters. The molecule has 2 atom stereocenters. The van der Waals surface area contributed by atoms with E-state index in [4.69, 9.17) is 0 Å². The third-order valence-electron chi connectivity index (χ3n) is 4.40. The number of hydrogen-bond acceptors (Lipinski definition) is 2. The summed E-state index contributed by atoms with van der Waals surface area (Å²) < 4.78 is 0. The van der Waals surface area contributed by atoms with Gasteiger partial charge in [-0.3, -0.25) is 0 Å². The second kappa shape index (κ2) is 7.63. The summed E-state index contributed by atoms with van der Waals surface area (Å²) in [4.78, 5) is 14.3. The zero-order valence-electron chi connectivity index (χ0n) is 13.9. The molecule has 0 spiro atoms. The van der Waals surface area contributed by atoms with Gasteiger partial charge in [0.25, 0.3) is 0 Å². The molecular formula is C18H28N2O2. The van der Waals surface area contributed by atoms with Crippen LogP contribution >= 0.6 is 0 Å². The molecule has 2 rings (SSSR count). The van der Waals surface area contributed by atoms with Crippen LogP contribution in [0.25, 0.3) is 0 Å². The SMILES string of the molecule is Cc1ccccc1C(CC(C)C)NC(=O)N1CCC(CO)C1. The van der Waals surface area contributed by atoms with E-state index in [-0.39, 0.29) is 24.6 Å². The fraction of sp³-hybridized carbons (Fsp3) is 0.611. The lowest BCUT2D eigenvalue weighted by Gasteiger charge is -2.26. The number of nitrogens with zero attached hydrogens (tertiary/aromatic N) is 1. The molecule has 2 N–H and O–H groups in total. The first-order valence-electron chi connectivity index (χ1n) is 8.23. The zero-order valence-corrected chi connectivity index (χ0v) is 13.9. The molecule has 1 heterocycles. The zero-order chi connectivity index (χ0) is 16.1. The summed E-state index contributed by atoms with van der Waals surface area (Å²) in [6.07, 6.45) is 1.82. The van der Waals surface area contributed by atoms with Crippen LogP contribution in [0.3, 0.4) is 0 Å². The van der Waals surface area contributed by atoms with Gasteiger partial charge in [-0.2, -0.15) is 0 Å². The van der Waals surface area contributed by atoms with Gasteiger partial charge in [-0.25, -0.2) is 4.79 Å². The van der Waals surface area contributed by atoms with Gasteiger partial charge in [0.05, 0.1) is 6.04 Å². The van der Waals surface area contributed by atoms with Crippen LogP contribution in [0.5, 0.6) is 0 Å². The van der Waals surface area contributed by atoms with E-state index in [0.717, 1.165) is 19.4 Å². The monoisotopic (exact) mass is 304 g/mol. The summed E-state index contributed by atoms with van der Waals surface area (Å²) in [5, 5.41) is 12.4. The van der Waals surface area contributed by atoms with Crippen molar-refractivity contribution in [1.29, 1.82) is 0 Å². The third-order valence-corrected chi connectivity index (χ3v) is 4.40. The van der Waals surface area contributed by atoms with Crippen molar-refractivity contribution in [2.75, 3.05) is 19.7 Å². The molecular weight excluding hydrogens is 276 g/mol. The number of aliphatic hydroxyl groups is 1. The van der Waals surface area contributed by atoms with Gasteiger partial charge in [0.15, 0.2) is 0 Å². The van der Waals surface area contributed by atoms with E-state index in [1.807, 2.05) is 17.0 Å². The van der Waals surface area contributed by atoms with E-state index in [1.54, 1.807) is 0 Å². The van der Waals surface area contributed by atoms with Crippen LogP contribution in [0, 0.1) is 18.8 Å². The number of aliphatic hydroxyl groups excluding tert-OH is 1. The van der Waals surface area contributed by atoms with E-state index in [2.05, 4.69) is 38.2 Å². The number of nitrogens with one attached hydrogen (secondary N) is 1. The Kier molecular flexibility index (Phi) is 5.83. The Morgan fingerprint density at radius 3 is 2.73 bits per heavy atom. The molecule has 0 saturated carbocycles. The van der Waals surface area contributed by atoms with Gasteiger partial charge in [-0.05, 0) is 36.8 Å². The summed E-state index contributed by atoms with van der Waals surface area (Å²) in [5.74, 6) is 0.737. The normalized spacial score (nSPS) is 19.5. The number of amides is 2. The highest BCUT2D eigenvalue weighted by molar-refractivity contribution is 5.75.